The molecule has 0 aliphatic rings. The van der Waals surface area contributed by atoms with E-state index in [9.17, 15) is 51.1 Å². The van der Waals surface area contributed by atoms with Crippen LogP contribution in [0.5, 0.6) is 57.5 Å². The molecular formula is C51H32N4O11. The van der Waals surface area contributed by atoms with Crippen molar-refractivity contribution >= 4 is 43.7 Å². The van der Waals surface area contributed by atoms with Gasteiger partial charge in [0.2, 0.25) is 34.5 Å². The fraction of sp³-hybridized carbons (Fsp3) is 0. The van der Waals surface area contributed by atoms with Crippen LogP contribution in [-0.2, 0) is 0 Å². The van der Waals surface area contributed by atoms with Crippen LogP contribution in [0, 0.1) is 0 Å². The summed E-state index contributed by atoms with van der Waals surface area (Å²) in [5.41, 5.74) is 3.96. The van der Waals surface area contributed by atoms with Crippen molar-refractivity contribution in [1.29, 1.82) is 0 Å². The minimum atomic E-state index is -1.13. The summed E-state index contributed by atoms with van der Waals surface area (Å²) < 4.78 is 8.37. The third kappa shape index (κ3) is 5.73. The van der Waals surface area contributed by atoms with Gasteiger partial charge in [0.1, 0.15) is 11.2 Å². The average molecular weight is 877 g/mol. The molecule has 0 fully saturated rings. The van der Waals surface area contributed by atoms with Crippen molar-refractivity contribution in [3.05, 3.63) is 133 Å². The van der Waals surface area contributed by atoms with Crippen LogP contribution in [0.1, 0.15) is 0 Å². The summed E-state index contributed by atoms with van der Waals surface area (Å²) >= 11 is 0. The van der Waals surface area contributed by atoms with Gasteiger partial charge in [0, 0.05) is 32.8 Å². The molecule has 322 valence electrons. The summed E-state index contributed by atoms with van der Waals surface area (Å²) in [4.78, 5) is 14.6. The van der Waals surface area contributed by atoms with Gasteiger partial charge >= 0.3 is 0 Å². The number of fused-ring (bicyclic) bond motifs is 6. The zero-order valence-electron chi connectivity index (χ0n) is 33.9. The number of aromatic nitrogens is 4. The van der Waals surface area contributed by atoms with E-state index >= 15 is 0 Å². The number of aromatic hydroxyl groups is 10. The standard InChI is InChI=1S/C51H32N4O11/c56-39-35(40(57)44(61)47(64)43(39)60)25-17-19-27-32(21-25)55(30-14-7-13-29(36(27)30)38-41(58)45(62)48(65)46(63)42(38)59)31-15-8-16-33-37(31)28-20-18-26(22-34(28)66-33)51-53-49(23-9-3-1-4-10-23)52-50(54-51)24-11-5-2-6-12-24/h1-22,56-65H. The van der Waals surface area contributed by atoms with E-state index in [1.807, 2.05) is 89.5 Å². The molecule has 15 heteroatoms. The minimum Gasteiger partial charge on any atom is -0.504 e. The molecule has 11 aromatic rings. The van der Waals surface area contributed by atoms with Gasteiger partial charge in [0.05, 0.1) is 33.2 Å². The Bertz CT molecular complexity index is 3710. The SMILES string of the molecule is Oc1c(O)c(O)c(-c2ccc3c4c(-c5c(O)c(O)c(O)c(O)c5O)cccc4n(-c4cccc5oc6cc(-c7nc(-c8ccccc8)nc(-c8ccccc8)n7)ccc6c45)c3c2)c(O)c1O. The van der Waals surface area contributed by atoms with E-state index in [0.29, 0.717) is 72.5 Å². The highest BCUT2D eigenvalue weighted by Gasteiger charge is 2.29. The smallest absolute Gasteiger partial charge is 0.208 e. The molecule has 10 N–H and O–H groups in total. The third-order valence-electron chi connectivity index (χ3n) is 11.8. The normalized spacial score (nSPS) is 11.6. The van der Waals surface area contributed by atoms with Crippen molar-refractivity contribution in [3.63, 3.8) is 0 Å². The Balaban J connectivity index is 1.18. The van der Waals surface area contributed by atoms with Gasteiger partial charge in [-0.3, -0.25) is 0 Å². The van der Waals surface area contributed by atoms with Crippen molar-refractivity contribution in [3.8, 4) is 120 Å². The van der Waals surface area contributed by atoms with E-state index in [-0.39, 0.29) is 11.1 Å². The van der Waals surface area contributed by atoms with Gasteiger partial charge in [-0.2, -0.15) is 0 Å². The van der Waals surface area contributed by atoms with Gasteiger partial charge in [-0.15, -0.1) is 0 Å². The fourth-order valence-electron chi connectivity index (χ4n) is 8.66. The minimum absolute atomic E-state index is 0.0790. The van der Waals surface area contributed by atoms with Crippen LogP contribution in [0.15, 0.2) is 138 Å². The zero-order valence-corrected chi connectivity index (χ0v) is 33.9. The maximum atomic E-state index is 11.2. The molecular weight excluding hydrogens is 845 g/mol. The van der Waals surface area contributed by atoms with Crippen molar-refractivity contribution in [1.82, 2.24) is 19.5 Å². The van der Waals surface area contributed by atoms with Gasteiger partial charge in [-0.25, -0.2) is 15.0 Å². The molecule has 3 heterocycles. The Morgan fingerprint density at radius 2 is 0.848 bits per heavy atom. The Kier molecular flexibility index (Phi) is 8.60. The van der Waals surface area contributed by atoms with Crippen molar-refractivity contribution in [2.75, 3.05) is 0 Å². The lowest BCUT2D eigenvalue weighted by atomic mass is 9.95. The summed E-state index contributed by atoms with van der Waals surface area (Å²) in [5, 5.41) is 109. The Hall–Kier alpha value is -9.63. The number of benzene rings is 8. The van der Waals surface area contributed by atoms with Crippen LogP contribution in [0.2, 0.25) is 0 Å². The Morgan fingerprint density at radius 1 is 0.348 bits per heavy atom. The van der Waals surface area contributed by atoms with E-state index in [4.69, 9.17) is 19.4 Å². The van der Waals surface area contributed by atoms with Gasteiger partial charge in [-0.1, -0.05) is 97.1 Å². The summed E-state index contributed by atoms with van der Waals surface area (Å²) in [6.07, 6.45) is 0. The number of hydrogen-bond acceptors (Lipinski definition) is 14. The van der Waals surface area contributed by atoms with Crippen LogP contribution in [-0.4, -0.2) is 70.6 Å². The first kappa shape index (κ1) is 39.2. The first-order valence-corrected chi connectivity index (χ1v) is 20.2. The molecule has 11 rings (SSSR count). The highest BCUT2D eigenvalue weighted by Crippen LogP contribution is 2.58. The Labute approximate surface area is 370 Å². The highest BCUT2D eigenvalue weighted by atomic mass is 16.4. The highest BCUT2D eigenvalue weighted by molar-refractivity contribution is 6.20. The molecule has 0 spiro atoms. The molecule has 0 aliphatic carbocycles. The first-order valence-electron chi connectivity index (χ1n) is 20.2. The van der Waals surface area contributed by atoms with E-state index in [2.05, 4.69) is 0 Å². The van der Waals surface area contributed by atoms with E-state index < -0.39 is 68.6 Å². The summed E-state index contributed by atoms with van der Waals surface area (Å²) in [6, 6.07) is 39.6. The van der Waals surface area contributed by atoms with Crippen molar-refractivity contribution in [2.24, 2.45) is 0 Å². The second kappa shape index (κ2) is 14.5. The van der Waals surface area contributed by atoms with Crippen molar-refractivity contribution in [2.45, 2.75) is 0 Å². The van der Waals surface area contributed by atoms with E-state index in [0.717, 1.165) is 11.1 Å². The number of nitrogens with zero attached hydrogens (tertiary/aromatic N) is 4. The van der Waals surface area contributed by atoms with Crippen LogP contribution in [0.3, 0.4) is 0 Å². The number of phenolic OH excluding ortho intramolecular Hbond substituents is 10. The monoisotopic (exact) mass is 876 g/mol. The summed E-state index contributed by atoms with van der Waals surface area (Å²) in [6.45, 7) is 0. The van der Waals surface area contributed by atoms with Gasteiger partial charge in [-0.05, 0) is 47.5 Å². The van der Waals surface area contributed by atoms with Gasteiger partial charge < -0.3 is 60.0 Å². The molecule has 0 saturated carbocycles. The molecule has 0 atom stereocenters. The van der Waals surface area contributed by atoms with Crippen LogP contribution >= 0.6 is 0 Å². The number of furan rings is 1. The lowest BCUT2D eigenvalue weighted by Gasteiger charge is -2.14. The fourth-order valence-corrected chi connectivity index (χ4v) is 8.66. The topological polar surface area (TPSA) is 259 Å². The molecule has 0 amide bonds. The zero-order chi connectivity index (χ0) is 45.7. The maximum absolute atomic E-state index is 11.2. The number of rotatable bonds is 6. The summed E-state index contributed by atoms with van der Waals surface area (Å²) in [5.74, 6) is -8.83. The maximum Gasteiger partial charge on any atom is 0.208 e. The predicted molar refractivity (Wildman–Crippen MR) is 245 cm³/mol. The molecule has 0 radical (unpaired) electrons. The Morgan fingerprint density at radius 3 is 1.44 bits per heavy atom. The van der Waals surface area contributed by atoms with Crippen LogP contribution in [0.4, 0.5) is 0 Å². The lowest BCUT2D eigenvalue weighted by Crippen LogP contribution is -2.00. The lowest BCUT2D eigenvalue weighted by molar-refractivity contribution is 0.330. The van der Waals surface area contributed by atoms with Crippen molar-refractivity contribution < 1.29 is 55.5 Å². The second-order valence-corrected chi connectivity index (χ2v) is 15.5. The van der Waals surface area contributed by atoms with Gasteiger partial charge in [0.15, 0.2) is 40.5 Å². The summed E-state index contributed by atoms with van der Waals surface area (Å²) in [7, 11) is 0. The second-order valence-electron chi connectivity index (χ2n) is 15.5. The third-order valence-corrected chi connectivity index (χ3v) is 11.8. The van der Waals surface area contributed by atoms with Gasteiger partial charge in [0.25, 0.3) is 0 Å². The van der Waals surface area contributed by atoms with E-state index in [1.54, 1.807) is 36.4 Å². The average Bonchev–Trinajstić information content (AvgIpc) is 3.90. The molecule has 3 aromatic heterocycles. The molecule has 0 bridgehead atoms. The number of hydrogen-bond donors (Lipinski definition) is 10. The molecule has 0 aliphatic heterocycles. The molecule has 66 heavy (non-hydrogen) atoms. The van der Waals surface area contributed by atoms with Crippen LogP contribution in [0.25, 0.3) is 106 Å². The molecule has 0 saturated heterocycles. The van der Waals surface area contributed by atoms with E-state index in [1.165, 1.54) is 12.1 Å². The molecule has 0 unspecified atom stereocenters. The first-order chi connectivity index (χ1) is 31.9. The largest absolute Gasteiger partial charge is 0.504 e. The van der Waals surface area contributed by atoms with Crippen LogP contribution < -0.4 is 0 Å². The number of phenols is 10. The molecule has 8 aromatic carbocycles. The predicted octanol–water partition coefficient (Wildman–Crippen LogP) is 10.3. The quantitative estimate of drug-likeness (QED) is 0.0551. The molecule has 15 nitrogen and oxygen atoms in total.